The molecule has 2 heterocycles. The Kier molecular flexibility index (Phi) is 3.80. The summed E-state index contributed by atoms with van der Waals surface area (Å²) < 4.78 is 11.3. The van der Waals surface area contributed by atoms with Crippen molar-refractivity contribution < 1.29 is 19.1 Å². The Morgan fingerprint density at radius 2 is 1.84 bits per heavy atom. The molecular formula is C19H18N2O4. The average molecular weight is 338 g/mol. The lowest BCUT2D eigenvalue weighted by atomic mass is 9.98. The number of nitrogens with two attached hydrogens (primary N) is 1. The Balaban J connectivity index is 1.56. The van der Waals surface area contributed by atoms with E-state index in [9.17, 15) is 9.59 Å². The van der Waals surface area contributed by atoms with Crippen LogP contribution in [0, 0.1) is 5.92 Å². The minimum atomic E-state index is -0.554. The van der Waals surface area contributed by atoms with E-state index in [1.807, 2.05) is 54.6 Å². The summed E-state index contributed by atoms with van der Waals surface area (Å²) in [5, 5.41) is 0. The van der Waals surface area contributed by atoms with Gasteiger partial charge in [0.15, 0.2) is 0 Å². The summed E-state index contributed by atoms with van der Waals surface area (Å²) >= 11 is 0. The van der Waals surface area contributed by atoms with Crippen molar-refractivity contribution in [3.05, 3.63) is 65.7 Å². The highest BCUT2D eigenvalue weighted by atomic mass is 16.6. The number of benzene rings is 2. The summed E-state index contributed by atoms with van der Waals surface area (Å²) in [7, 11) is 0. The van der Waals surface area contributed by atoms with Gasteiger partial charge in [0, 0.05) is 12.1 Å². The van der Waals surface area contributed by atoms with E-state index in [2.05, 4.69) is 0 Å². The number of primary amides is 1. The van der Waals surface area contributed by atoms with Gasteiger partial charge in [0.05, 0.1) is 5.92 Å². The molecule has 2 aromatic rings. The number of para-hydroxylation sites is 1. The van der Waals surface area contributed by atoms with Gasteiger partial charge in [0.2, 0.25) is 5.91 Å². The van der Waals surface area contributed by atoms with Crippen LogP contribution in [-0.2, 0) is 16.1 Å². The molecule has 6 heteroatoms. The minimum absolute atomic E-state index is 0.178. The third kappa shape index (κ3) is 2.69. The molecule has 0 radical (unpaired) electrons. The van der Waals surface area contributed by atoms with Gasteiger partial charge in [-0.05, 0) is 11.6 Å². The fourth-order valence-electron chi connectivity index (χ4n) is 3.54. The smallest absolute Gasteiger partial charge is 0.410 e. The van der Waals surface area contributed by atoms with Gasteiger partial charge in [-0.15, -0.1) is 0 Å². The molecule has 4 rings (SSSR count). The number of hydrogen-bond acceptors (Lipinski definition) is 4. The van der Waals surface area contributed by atoms with E-state index < -0.39 is 24.0 Å². The molecule has 0 bridgehead atoms. The van der Waals surface area contributed by atoms with Gasteiger partial charge >= 0.3 is 6.09 Å². The second-order valence-corrected chi connectivity index (χ2v) is 6.27. The largest absolute Gasteiger partial charge is 0.487 e. The van der Waals surface area contributed by atoms with Gasteiger partial charge in [-0.2, -0.15) is 0 Å². The standard InChI is InChI=1S/C19H18N2O4/c20-18(22)14-10-21(19(23)24-11-12-6-2-1-3-7-12)16-13-8-4-5-9-15(13)25-17(14)16/h1-9,14,16-17H,10-11H2,(H2,20,22)/t14-,16+,17+/m1/s1. The predicted molar refractivity (Wildman–Crippen MR) is 89.6 cm³/mol. The average Bonchev–Trinajstić information content (AvgIpc) is 3.17. The van der Waals surface area contributed by atoms with Crippen molar-refractivity contribution in [1.82, 2.24) is 4.90 Å². The van der Waals surface area contributed by atoms with Crippen LogP contribution in [0.1, 0.15) is 17.2 Å². The molecule has 128 valence electrons. The fourth-order valence-corrected chi connectivity index (χ4v) is 3.54. The number of fused-ring (bicyclic) bond motifs is 3. The molecule has 2 N–H and O–H groups in total. The first-order valence-corrected chi connectivity index (χ1v) is 8.17. The monoisotopic (exact) mass is 338 g/mol. The second kappa shape index (κ2) is 6.12. The van der Waals surface area contributed by atoms with Crippen molar-refractivity contribution in [2.75, 3.05) is 6.54 Å². The van der Waals surface area contributed by atoms with Gasteiger partial charge < -0.3 is 15.2 Å². The van der Waals surface area contributed by atoms with Crippen molar-refractivity contribution in [2.45, 2.75) is 18.8 Å². The lowest BCUT2D eigenvalue weighted by molar-refractivity contribution is -0.123. The zero-order valence-corrected chi connectivity index (χ0v) is 13.5. The zero-order chi connectivity index (χ0) is 17.4. The third-order valence-corrected chi connectivity index (χ3v) is 4.74. The van der Waals surface area contributed by atoms with E-state index in [1.165, 1.54) is 0 Å². The summed E-state index contributed by atoms with van der Waals surface area (Å²) in [5.74, 6) is -0.341. The Hall–Kier alpha value is -3.02. The van der Waals surface area contributed by atoms with E-state index in [0.717, 1.165) is 11.1 Å². The second-order valence-electron chi connectivity index (χ2n) is 6.27. The fraction of sp³-hybridized carbons (Fsp3) is 0.263. The highest BCUT2D eigenvalue weighted by Crippen LogP contribution is 2.47. The summed E-state index contributed by atoms with van der Waals surface area (Å²) in [6.07, 6.45) is -0.929. The van der Waals surface area contributed by atoms with Crippen LogP contribution in [0.25, 0.3) is 0 Å². The molecule has 0 aliphatic carbocycles. The Morgan fingerprint density at radius 1 is 1.12 bits per heavy atom. The first-order valence-electron chi connectivity index (χ1n) is 8.17. The van der Waals surface area contributed by atoms with Crippen LogP contribution in [0.3, 0.4) is 0 Å². The minimum Gasteiger partial charge on any atom is -0.487 e. The number of carbonyl (C=O) groups excluding carboxylic acids is 2. The topological polar surface area (TPSA) is 81.9 Å². The highest BCUT2D eigenvalue weighted by Gasteiger charge is 2.53. The molecule has 6 nitrogen and oxygen atoms in total. The molecule has 0 spiro atoms. The number of nitrogens with zero attached hydrogens (tertiary/aromatic N) is 1. The number of ether oxygens (including phenoxy) is 2. The molecule has 1 saturated heterocycles. The van der Waals surface area contributed by atoms with Crippen LogP contribution in [0.2, 0.25) is 0 Å². The molecule has 2 aliphatic heterocycles. The van der Waals surface area contributed by atoms with Crippen molar-refractivity contribution in [1.29, 1.82) is 0 Å². The van der Waals surface area contributed by atoms with Crippen LogP contribution in [0.4, 0.5) is 4.79 Å². The maximum Gasteiger partial charge on any atom is 0.410 e. The number of likely N-dealkylation sites (tertiary alicyclic amines) is 1. The molecule has 25 heavy (non-hydrogen) atoms. The van der Waals surface area contributed by atoms with Crippen LogP contribution < -0.4 is 10.5 Å². The number of amides is 2. The van der Waals surface area contributed by atoms with Gasteiger partial charge in [0.25, 0.3) is 0 Å². The van der Waals surface area contributed by atoms with Gasteiger partial charge in [0.1, 0.15) is 24.5 Å². The van der Waals surface area contributed by atoms with E-state index in [0.29, 0.717) is 5.75 Å². The van der Waals surface area contributed by atoms with Crippen molar-refractivity contribution in [3.63, 3.8) is 0 Å². The summed E-state index contributed by atoms with van der Waals surface area (Å²) in [6, 6.07) is 16.6. The zero-order valence-electron chi connectivity index (χ0n) is 13.5. The normalized spacial score (nSPS) is 23.5. The SMILES string of the molecule is NC(=O)[C@@H]1CN(C(=O)OCc2ccccc2)[C@H]2c3ccccc3O[C@@H]12. The van der Waals surface area contributed by atoms with E-state index in [4.69, 9.17) is 15.2 Å². The van der Waals surface area contributed by atoms with Gasteiger partial charge in [-0.25, -0.2) is 4.79 Å². The summed E-state index contributed by atoms with van der Waals surface area (Å²) in [4.78, 5) is 26.0. The summed E-state index contributed by atoms with van der Waals surface area (Å²) in [5.41, 5.74) is 7.30. The third-order valence-electron chi connectivity index (χ3n) is 4.74. The molecule has 1 fully saturated rings. The first-order chi connectivity index (χ1) is 12.1. The molecular weight excluding hydrogens is 320 g/mol. The predicted octanol–water partition coefficient (Wildman–Crippen LogP) is 2.24. The number of rotatable bonds is 3. The van der Waals surface area contributed by atoms with E-state index in [1.54, 1.807) is 4.90 Å². The molecule has 2 aromatic carbocycles. The maximum atomic E-state index is 12.6. The van der Waals surface area contributed by atoms with Crippen LogP contribution in [0.15, 0.2) is 54.6 Å². The Bertz CT molecular complexity index is 808. The molecule has 2 aliphatic rings. The molecule has 0 saturated carbocycles. The van der Waals surface area contributed by atoms with Crippen molar-refractivity contribution >= 4 is 12.0 Å². The summed E-state index contributed by atoms with van der Waals surface area (Å²) in [6.45, 7) is 0.379. The maximum absolute atomic E-state index is 12.6. The van der Waals surface area contributed by atoms with Crippen LogP contribution >= 0.6 is 0 Å². The van der Waals surface area contributed by atoms with Gasteiger partial charge in [-0.1, -0.05) is 48.5 Å². The molecule has 2 amide bonds. The van der Waals surface area contributed by atoms with E-state index >= 15 is 0 Å². The van der Waals surface area contributed by atoms with Crippen molar-refractivity contribution in [3.8, 4) is 5.75 Å². The van der Waals surface area contributed by atoms with Gasteiger partial charge in [-0.3, -0.25) is 9.69 Å². The quantitative estimate of drug-likeness (QED) is 0.930. The highest BCUT2D eigenvalue weighted by molar-refractivity contribution is 5.81. The van der Waals surface area contributed by atoms with Crippen LogP contribution in [-0.4, -0.2) is 29.5 Å². The lowest BCUT2D eigenvalue weighted by Crippen LogP contribution is -2.34. The number of hydrogen-bond donors (Lipinski definition) is 1. The number of carbonyl (C=O) groups is 2. The molecule has 0 aromatic heterocycles. The molecule has 3 atom stereocenters. The lowest BCUT2D eigenvalue weighted by Gasteiger charge is -2.22. The van der Waals surface area contributed by atoms with Crippen LogP contribution in [0.5, 0.6) is 5.75 Å². The Labute approximate surface area is 145 Å². The Morgan fingerprint density at radius 3 is 2.60 bits per heavy atom. The van der Waals surface area contributed by atoms with E-state index in [-0.39, 0.29) is 19.2 Å². The van der Waals surface area contributed by atoms with Crippen molar-refractivity contribution in [2.24, 2.45) is 11.7 Å². The first kappa shape index (κ1) is 15.5. The molecule has 0 unspecified atom stereocenters.